The number of rotatable bonds is 8. The minimum atomic E-state index is -1.10. The van der Waals surface area contributed by atoms with Crippen LogP contribution in [0.5, 0.6) is 0 Å². The lowest BCUT2D eigenvalue weighted by atomic mass is 10.4. The van der Waals surface area contributed by atoms with Gasteiger partial charge in [0.1, 0.15) is 21.4 Å². The lowest BCUT2D eigenvalue weighted by molar-refractivity contribution is -0.402. The summed E-state index contributed by atoms with van der Waals surface area (Å²) < 4.78 is 9.72. The fraction of sp³-hybridized carbons (Fsp3) is 0. The molecular weight excluding hydrogens is 404 g/mol. The number of hydrogen-bond donors (Lipinski definition) is 2. The zero-order chi connectivity index (χ0) is 21.9. The average molecular weight is 416 g/mol. The molecule has 0 bridgehead atoms. The van der Waals surface area contributed by atoms with Gasteiger partial charge in [-0.3, -0.25) is 29.8 Å². The summed E-state index contributed by atoms with van der Waals surface area (Å²) in [6.45, 7) is 0. The van der Waals surface area contributed by atoms with Crippen LogP contribution in [-0.4, -0.2) is 34.1 Å². The first-order valence-electron chi connectivity index (χ1n) is 7.85. The van der Waals surface area contributed by atoms with E-state index < -0.39 is 33.4 Å². The van der Waals surface area contributed by atoms with Crippen LogP contribution in [0.15, 0.2) is 55.5 Å². The Bertz CT molecular complexity index is 977. The van der Waals surface area contributed by atoms with Gasteiger partial charge in [0.15, 0.2) is 0 Å². The molecule has 0 unspecified atom stereocenters. The first-order valence-corrected chi connectivity index (χ1v) is 7.85. The van der Waals surface area contributed by atoms with Crippen LogP contribution in [0.3, 0.4) is 0 Å². The molecule has 14 heteroatoms. The molecule has 0 saturated heterocycles. The highest BCUT2D eigenvalue weighted by atomic mass is 16.7. The molecule has 14 nitrogen and oxygen atoms in total. The van der Waals surface area contributed by atoms with Crippen LogP contribution < -0.4 is 10.9 Å². The number of carbonyl (C=O) groups is 2. The van der Waals surface area contributed by atoms with Gasteiger partial charge in [0.2, 0.25) is 0 Å². The largest absolute Gasteiger partial charge is 0.433 e. The van der Waals surface area contributed by atoms with Crippen LogP contribution >= 0.6 is 0 Å². The lowest BCUT2D eigenvalue weighted by Gasteiger charge is -1.96. The van der Waals surface area contributed by atoms with Crippen LogP contribution in [0.25, 0.3) is 12.2 Å². The SMILES string of the molecule is O=C(NN=CC=Cc1ccc([N+](=O)[O-])o1)C(=O)NN=CC=Cc1ccc([N+](=O)[O-])o1. The van der Waals surface area contributed by atoms with Gasteiger partial charge < -0.3 is 8.83 Å². The Morgan fingerprint density at radius 1 is 0.800 bits per heavy atom. The van der Waals surface area contributed by atoms with Crippen molar-refractivity contribution in [2.75, 3.05) is 0 Å². The van der Waals surface area contributed by atoms with Crippen molar-refractivity contribution >= 4 is 48.2 Å². The molecule has 0 aliphatic carbocycles. The maximum atomic E-state index is 11.5. The highest BCUT2D eigenvalue weighted by Crippen LogP contribution is 2.17. The van der Waals surface area contributed by atoms with Crippen molar-refractivity contribution in [1.29, 1.82) is 0 Å². The van der Waals surface area contributed by atoms with Crippen molar-refractivity contribution in [3.05, 3.63) is 68.2 Å². The molecule has 154 valence electrons. The van der Waals surface area contributed by atoms with Crippen LogP contribution in [0.1, 0.15) is 11.5 Å². The van der Waals surface area contributed by atoms with Crippen molar-refractivity contribution in [2.24, 2.45) is 10.2 Å². The number of allylic oxidation sites excluding steroid dienone is 2. The molecule has 2 amide bonds. The molecule has 0 radical (unpaired) electrons. The summed E-state index contributed by atoms with van der Waals surface area (Å²) in [5.74, 6) is -2.64. The molecule has 0 fully saturated rings. The maximum Gasteiger partial charge on any atom is 0.433 e. The third kappa shape index (κ3) is 6.69. The van der Waals surface area contributed by atoms with E-state index in [0.717, 1.165) is 12.4 Å². The number of nitrogens with zero attached hydrogens (tertiary/aromatic N) is 4. The third-order valence-electron chi connectivity index (χ3n) is 2.97. The van der Waals surface area contributed by atoms with E-state index in [1.54, 1.807) is 0 Å². The summed E-state index contributed by atoms with van der Waals surface area (Å²) in [4.78, 5) is 42.5. The molecule has 2 heterocycles. The van der Waals surface area contributed by atoms with Crippen molar-refractivity contribution in [3.8, 4) is 0 Å². The second kappa shape index (κ2) is 10.5. The Balaban J connectivity index is 1.72. The molecule has 2 N–H and O–H groups in total. The van der Waals surface area contributed by atoms with Gasteiger partial charge >= 0.3 is 23.6 Å². The van der Waals surface area contributed by atoms with E-state index >= 15 is 0 Å². The second-order valence-electron chi connectivity index (χ2n) is 5.02. The van der Waals surface area contributed by atoms with Crippen molar-refractivity contribution in [1.82, 2.24) is 10.9 Å². The molecule has 0 aliphatic rings. The van der Waals surface area contributed by atoms with Gasteiger partial charge in [0.05, 0.1) is 12.1 Å². The number of amides is 2. The van der Waals surface area contributed by atoms with Gasteiger partial charge in [-0.05, 0) is 36.4 Å². The Labute approximate surface area is 166 Å². The molecule has 0 saturated carbocycles. The first kappa shape index (κ1) is 21.4. The first-order chi connectivity index (χ1) is 14.4. The Morgan fingerprint density at radius 2 is 1.20 bits per heavy atom. The quantitative estimate of drug-likeness (QED) is 0.280. The normalized spacial score (nSPS) is 11.6. The van der Waals surface area contributed by atoms with E-state index in [-0.39, 0.29) is 11.5 Å². The van der Waals surface area contributed by atoms with Gasteiger partial charge in [-0.1, -0.05) is 0 Å². The summed E-state index contributed by atoms with van der Waals surface area (Å²) in [6.07, 6.45) is 7.59. The van der Waals surface area contributed by atoms with E-state index in [1.165, 1.54) is 48.6 Å². The lowest BCUT2D eigenvalue weighted by Crippen LogP contribution is -2.35. The number of furan rings is 2. The third-order valence-corrected chi connectivity index (χ3v) is 2.97. The molecular formula is C16H12N6O8. The number of nitro groups is 2. The topological polar surface area (TPSA) is 195 Å². The summed E-state index contributed by atoms with van der Waals surface area (Å²) in [7, 11) is 0. The van der Waals surface area contributed by atoms with Gasteiger partial charge in [-0.25, -0.2) is 10.9 Å². The van der Waals surface area contributed by atoms with E-state index in [1.807, 2.05) is 10.9 Å². The monoisotopic (exact) mass is 416 g/mol. The summed E-state index contributed by atoms with van der Waals surface area (Å²) in [5.41, 5.74) is 3.86. The van der Waals surface area contributed by atoms with Crippen molar-refractivity contribution in [3.63, 3.8) is 0 Å². The predicted octanol–water partition coefficient (Wildman–Crippen LogP) is 1.62. The van der Waals surface area contributed by atoms with Crippen LogP contribution in [0, 0.1) is 20.2 Å². The summed E-state index contributed by atoms with van der Waals surface area (Å²) in [6, 6.07) is 5.09. The molecule has 30 heavy (non-hydrogen) atoms. The Kier molecular flexibility index (Phi) is 7.46. The number of carbonyl (C=O) groups excluding carboxylic acids is 2. The highest BCUT2D eigenvalue weighted by Gasteiger charge is 2.11. The van der Waals surface area contributed by atoms with Gasteiger partial charge in [-0.2, -0.15) is 10.2 Å². The zero-order valence-electron chi connectivity index (χ0n) is 14.8. The smallest absolute Gasteiger partial charge is 0.401 e. The number of hydrazone groups is 2. The fourth-order valence-corrected chi connectivity index (χ4v) is 1.71. The summed E-state index contributed by atoms with van der Waals surface area (Å²) >= 11 is 0. The van der Waals surface area contributed by atoms with E-state index in [0.29, 0.717) is 0 Å². The molecule has 2 aromatic heterocycles. The van der Waals surface area contributed by atoms with E-state index in [9.17, 15) is 29.8 Å². The molecule has 2 aromatic rings. The number of nitrogens with one attached hydrogen (secondary N) is 2. The summed E-state index contributed by atoms with van der Waals surface area (Å²) in [5, 5.41) is 27.9. The van der Waals surface area contributed by atoms with Crippen LogP contribution in [-0.2, 0) is 9.59 Å². The van der Waals surface area contributed by atoms with Crippen molar-refractivity contribution in [2.45, 2.75) is 0 Å². The fourth-order valence-electron chi connectivity index (χ4n) is 1.71. The van der Waals surface area contributed by atoms with Gasteiger partial charge in [-0.15, -0.1) is 0 Å². The standard InChI is InChI=1S/C16H12N6O8/c23-15(19-17-9-1-3-11-5-7-13(29-11)21(25)26)16(24)20-18-10-2-4-12-6-8-14(30-12)22(27)28/h1-10H,(H,19,23)(H,20,24). The molecule has 2 rings (SSSR count). The number of hydrogen-bond acceptors (Lipinski definition) is 10. The highest BCUT2D eigenvalue weighted by molar-refractivity contribution is 6.35. The zero-order valence-corrected chi connectivity index (χ0v) is 14.8. The molecule has 0 spiro atoms. The Morgan fingerprint density at radius 3 is 1.53 bits per heavy atom. The average Bonchev–Trinajstić information content (AvgIpc) is 3.37. The maximum absolute atomic E-state index is 11.5. The van der Waals surface area contributed by atoms with E-state index in [4.69, 9.17) is 8.83 Å². The predicted molar refractivity (Wildman–Crippen MR) is 102 cm³/mol. The molecule has 0 aromatic carbocycles. The van der Waals surface area contributed by atoms with Crippen LogP contribution in [0.4, 0.5) is 11.8 Å². The minimum absolute atomic E-state index is 0.198. The minimum Gasteiger partial charge on any atom is -0.401 e. The van der Waals surface area contributed by atoms with Crippen molar-refractivity contribution < 1.29 is 28.3 Å². The van der Waals surface area contributed by atoms with Gasteiger partial charge in [0, 0.05) is 12.4 Å². The molecule has 0 aliphatic heterocycles. The van der Waals surface area contributed by atoms with E-state index in [2.05, 4.69) is 10.2 Å². The van der Waals surface area contributed by atoms with Crippen LogP contribution in [0.2, 0.25) is 0 Å². The van der Waals surface area contributed by atoms with Gasteiger partial charge in [0.25, 0.3) is 0 Å². The second-order valence-corrected chi connectivity index (χ2v) is 5.02. The Hall–Kier alpha value is -4.88. The molecule has 0 atom stereocenters.